The van der Waals surface area contributed by atoms with E-state index in [-0.39, 0.29) is 30.1 Å². The van der Waals surface area contributed by atoms with Gasteiger partial charge in [0, 0.05) is 38.9 Å². The van der Waals surface area contributed by atoms with Crippen molar-refractivity contribution in [3.05, 3.63) is 36.7 Å². The molecule has 1 aromatic heterocycles. The summed E-state index contributed by atoms with van der Waals surface area (Å²) in [4.78, 5) is 7.13. The lowest BCUT2D eigenvalue weighted by atomic mass is 10.1. The summed E-state index contributed by atoms with van der Waals surface area (Å²) >= 11 is 0. The van der Waals surface area contributed by atoms with Gasteiger partial charge in [0.15, 0.2) is 5.96 Å². The number of nitrogens with one attached hydrogen (secondary N) is 2. The summed E-state index contributed by atoms with van der Waals surface area (Å²) in [6.45, 7) is 7.50. The van der Waals surface area contributed by atoms with Crippen molar-refractivity contribution in [3.8, 4) is 11.5 Å². The molecule has 2 N–H and O–H groups in total. The minimum absolute atomic E-state index is 0. The van der Waals surface area contributed by atoms with Crippen LogP contribution in [0, 0.1) is 0 Å². The second kappa shape index (κ2) is 12.6. The normalized spacial score (nSPS) is 17.5. The van der Waals surface area contributed by atoms with Crippen LogP contribution in [0.4, 0.5) is 5.69 Å². The minimum atomic E-state index is -0.0351. The molecule has 172 valence electrons. The Kier molecular flexibility index (Phi) is 10.2. The average Bonchev–Trinajstić information content (AvgIpc) is 3.19. The van der Waals surface area contributed by atoms with Crippen molar-refractivity contribution in [3.63, 3.8) is 0 Å². The summed E-state index contributed by atoms with van der Waals surface area (Å²) in [7, 11) is 3.61. The van der Waals surface area contributed by atoms with E-state index in [1.807, 2.05) is 49.1 Å². The molecule has 1 saturated heterocycles. The largest absolute Gasteiger partial charge is 0.497 e. The van der Waals surface area contributed by atoms with E-state index < -0.39 is 0 Å². The number of methoxy groups -OCH3 is 1. The van der Waals surface area contributed by atoms with Gasteiger partial charge in [-0.3, -0.25) is 4.68 Å². The molecule has 0 amide bonds. The number of rotatable bonds is 8. The summed E-state index contributed by atoms with van der Waals surface area (Å²) in [6, 6.07) is 7.96. The van der Waals surface area contributed by atoms with Crippen molar-refractivity contribution in [2.75, 3.05) is 38.2 Å². The van der Waals surface area contributed by atoms with Gasteiger partial charge in [0.2, 0.25) is 0 Å². The summed E-state index contributed by atoms with van der Waals surface area (Å²) in [5.74, 6) is 2.47. The Balaban J connectivity index is 0.00000341. The maximum atomic E-state index is 5.97. The molecule has 31 heavy (non-hydrogen) atoms. The first kappa shape index (κ1) is 25.1. The van der Waals surface area contributed by atoms with Gasteiger partial charge in [-0.15, -0.1) is 24.0 Å². The van der Waals surface area contributed by atoms with Gasteiger partial charge in [-0.25, -0.2) is 4.99 Å². The predicted molar refractivity (Wildman–Crippen MR) is 136 cm³/mol. The van der Waals surface area contributed by atoms with Crippen LogP contribution >= 0.6 is 24.0 Å². The number of piperidine rings is 1. The van der Waals surface area contributed by atoms with E-state index in [1.54, 1.807) is 7.11 Å². The third kappa shape index (κ3) is 7.79. The third-order valence-corrected chi connectivity index (χ3v) is 5.07. The first-order chi connectivity index (χ1) is 14.6. The van der Waals surface area contributed by atoms with Gasteiger partial charge in [-0.2, -0.15) is 5.10 Å². The summed E-state index contributed by atoms with van der Waals surface area (Å²) in [5.41, 5.74) is 1.17. The van der Waals surface area contributed by atoms with Gasteiger partial charge in [0.25, 0.3) is 0 Å². The van der Waals surface area contributed by atoms with Gasteiger partial charge in [-0.1, -0.05) is 0 Å². The number of hydrogen-bond donors (Lipinski definition) is 2. The second-order valence-corrected chi connectivity index (χ2v) is 7.63. The Morgan fingerprint density at radius 3 is 2.68 bits per heavy atom. The van der Waals surface area contributed by atoms with Crippen LogP contribution in [0.25, 0.3) is 0 Å². The number of guanidine groups is 1. The summed E-state index contributed by atoms with van der Waals surface area (Å²) in [5, 5.41) is 11.2. The second-order valence-electron chi connectivity index (χ2n) is 7.63. The Morgan fingerprint density at radius 2 is 2.03 bits per heavy atom. The van der Waals surface area contributed by atoms with Crippen molar-refractivity contribution in [2.45, 2.75) is 38.8 Å². The topological polar surface area (TPSA) is 75.9 Å². The van der Waals surface area contributed by atoms with Crippen LogP contribution in [-0.4, -0.2) is 61.2 Å². The van der Waals surface area contributed by atoms with E-state index in [1.165, 1.54) is 5.69 Å². The van der Waals surface area contributed by atoms with Gasteiger partial charge in [0.1, 0.15) is 17.6 Å². The van der Waals surface area contributed by atoms with Crippen LogP contribution in [0.15, 0.2) is 41.7 Å². The number of halogens is 1. The molecular weight excluding hydrogens is 507 g/mol. The zero-order chi connectivity index (χ0) is 21.3. The fourth-order valence-electron chi connectivity index (χ4n) is 3.56. The molecule has 2 atom stereocenters. The van der Waals surface area contributed by atoms with Crippen LogP contribution < -0.4 is 25.0 Å². The van der Waals surface area contributed by atoms with Crippen molar-refractivity contribution in [2.24, 2.45) is 12.0 Å². The van der Waals surface area contributed by atoms with E-state index in [0.29, 0.717) is 12.6 Å². The van der Waals surface area contributed by atoms with Crippen molar-refractivity contribution < 1.29 is 9.47 Å². The average molecular weight is 542 g/mol. The highest BCUT2D eigenvalue weighted by Gasteiger charge is 2.22. The number of aryl methyl sites for hydroxylation is 1. The molecule has 1 aromatic carbocycles. The molecule has 1 fully saturated rings. The lowest BCUT2D eigenvalue weighted by Crippen LogP contribution is -2.51. The Hall–Kier alpha value is -2.17. The smallest absolute Gasteiger partial charge is 0.191 e. The molecule has 8 nitrogen and oxygen atoms in total. The lowest BCUT2D eigenvalue weighted by Gasteiger charge is -2.34. The molecule has 1 aliphatic rings. The summed E-state index contributed by atoms with van der Waals surface area (Å²) in [6.07, 6.45) is 6.23. The molecule has 0 bridgehead atoms. The van der Waals surface area contributed by atoms with Gasteiger partial charge < -0.3 is 25.0 Å². The monoisotopic (exact) mass is 542 g/mol. The van der Waals surface area contributed by atoms with E-state index in [0.717, 1.165) is 49.9 Å². The van der Waals surface area contributed by atoms with Gasteiger partial charge >= 0.3 is 0 Å². The highest BCUT2D eigenvalue weighted by Crippen LogP contribution is 2.19. The van der Waals surface area contributed by atoms with Crippen LogP contribution in [0.3, 0.4) is 0 Å². The number of ether oxygens (including phenoxy) is 2. The zero-order valence-electron chi connectivity index (χ0n) is 18.9. The van der Waals surface area contributed by atoms with Gasteiger partial charge in [-0.05, 0) is 51.0 Å². The Bertz CT molecular complexity index is 811. The molecule has 2 unspecified atom stereocenters. The maximum Gasteiger partial charge on any atom is 0.191 e. The molecule has 1 aliphatic heterocycles. The van der Waals surface area contributed by atoms with E-state index >= 15 is 0 Å². The van der Waals surface area contributed by atoms with Crippen LogP contribution in [0.2, 0.25) is 0 Å². The van der Waals surface area contributed by atoms with Crippen molar-refractivity contribution >= 4 is 35.6 Å². The molecule has 0 radical (unpaired) electrons. The number of aromatic nitrogens is 2. The molecule has 2 aromatic rings. The number of benzene rings is 1. The highest BCUT2D eigenvalue weighted by atomic mass is 127. The lowest BCUT2D eigenvalue weighted by molar-refractivity contribution is 0.230. The van der Waals surface area contributed by atoms with Crippen LogP contribution in [-0.2, 0) is 7.05 Å². The molecule has 2 heterocycles. The molecular formula is C22H35IN6O2. The quantitative estimate of drug-likeness (QED) is 0.304. The maximum absolute atomic E-state index is 5.97. The highest BCUT2D eigenvalue weighted by molar-refractivity contribution is 14.0. The van der Waals surface area contributed by atoms with E-state index in [9.17, 15) is 0 Å². The first-order valence-corrected chi connectivity index (χ1v) is 10.7. The Labute approximate surface area is 202 Å². The number of hydrogen-bond acceptors (Lipinski definition) is 5. The predicted octanol–water partition coefficient (Wildman–Crippen LogP) is 3.04. The fourth-order valence-corrected chi connectivity index (χ4v) is 3.56. The van der Waals surface area contributed by atoms with Crippen molar-refractivity contribution in [1.29, 1.82) is 0 Å². The van der Waals surface area contributed by atoms with Gasteiger partial charge in [0.05, 0.1) is 25.5 Å². The Morgan fingerprint density at radius 1 is 1.29 bits per heavy atom. The first-order valence-electron chi connectivity index (χ1n) is 10.7. The minimum Gasteiger partial charge on any atom is -0.497 e. The van der Waals surface area contributed by atoms with E-state index in [2.05, 4.69) is 33.8 Å². The standard InChI is InChI=1S/C22H34N6O2.HI/c1-5-23-22(24-13-17(2)30-21-10-8-20(29-4)9-11-21)26-18-7-6-12-28(15-18)19-14-25-27(3)16-19;/h8-11,14,16-18H,5-7,12-13,15H2,1-4H3,(H2,23,24,26);1H. The molecule has 9 heteroatoms. The van der Waals surface area contributed by atoms with Crippen LogP contribution in [0.1, 0.15) is 26.7 Å². The molecule has 0 aliphatic carbocycles. The number of nitrogens with zero attached hydrogens (tertiary/aromatic N) is 4. The molecule has 0 spiro atoms. The van der Waals surface area contributed by atoms with Crippen LogP contribution in [0.5, 0.6) is 11.5 Å². The number of anilines is 1. The zero-order valence-corrected chi connectivity index (χ0v) is 21.2. The summed E-state index contributed by atoms with van der Waals surface area (Å²) < 4.78 is 13.0. The SMILES string of the molecule is CCNC(=NCC(C)Oc1ccc(OC)cc1)NC1CCCN(c2cnn(C)c2)C1.I. The third-order valence-electron chi connectivity index (χ3n) is 5.07. The number of aliphatic imine (C=N–C) groups is 1. The molecule has 3 rings (SSSR count). The molecule has 0 saturated carbocycles. The van der Waals surface area contributed by atoms with E-state index in [4.69, 9.17) is 14.5 Å². The fraction of sp³-hybridized carbons (Fsp3) is 0.545. The van der Waals surface area contributed by atoms with Crippen molar-refractivity contribution in [1.82, 2.24) is 20.4 Å².